The van der Waals surface area contributed by atoms with Crippen molar-refractivity contribution in [3.05, 3.63) is 40.3 Å². The zero-order chi connectivity index (χ0) is 16.9. The fourth-order valence-corrected chi connectivity index (χ4v) is 3.74. The summed E-state index contributed by atoms with van der Waals surface area (Å²) < 4.78 is 4.67. The predicted octanol–water partition coefficient (Wildman–Crippen LogP) is 3.37. The van der Waals surface area contributed by atoms with E-state index >= 15 is 0 Å². The van der Waals surface area contributed by atoms with Crippen LogP contribution in [-0.4, -0.2) is 30.2 Å². The highest BCUT2D eigenvalue weighted by atomic mass is 32.2. The van der Waals surface area contributed by atoms with Crippen molar-refractivity contribution in [1.29, 1.82) is 0 Å². The monoisotopic (exact) mass is 344 g/mol. The lowest BCUT2D eigenvalue weighted by molar-refractivity contribution is -0.115. The first-order chi connectivity index (χ1) is 11.7. The fourth-order valence-electron chi connectivity index (χ4n) is 2.85. The number of methoxy groups -OCH3 is 1. The van der Waals surface area contributed by atoms with Crippen molar-refractivity contribution < 1.29 is 14.3 Å². The molecule has 0 bridgehead atoms. The van der Waals surface area contributed by atoms with Crippen LogP contribution in [0.15, 0.2) is 34.2 Å². The van der Waals surface area contributed by atoms with Crippen LogP contribution < -0.4 is 5.32 Å². The average molecular weight is 344 g/mol. The van der Waals surface area contributed by atoms with E-state index < -0.39 is 0 Å². The van der Waals surface area contributed by atoms with Crippen LogP contribution in [0.25, 0.3) is 6.08 Å². The molecule has 6 heteroatoms. The van der Waals surface area contributed by atoms with E-state index in [1.807, 2.05) is 6.08 Å². The summed E-state index contributed by atoms with van der Waals surface area (Å²) in [5, 5.41) is 3.54. The molecule has 1 heterocycles. The smallest absolute Gasteiger partial charge is 0.337 e. The number of aliphatic imine (C=N–C) groups is 1. The Kier molecular flexibility index (Phi) is 5.35. The number of amides is 1. The minimum atomic E-state index is -0.371. The van der Waals surface area contributed by atoms with Gasteiger partial charge in [0.2, 0.25) is 0 Å². The Morgan fingerprint density at radius 2 is 1.96 bits per heavy atom. The summed E-state index contributed by atoms with van der Waals surface area (Å²) in [7, 11) is 1.35. The summed E-state index contributed by atoms with van der Waals surface area (Å²) in [5.41, 5.74) is 1.35. The van der Waals surface area contributed by atoms with Gasteiger partial charge in [0.05, 0.1) is 23.6 Å². The minimum absolute atomic E-state index is 0.119. The van der Waals surface area contributed by atoms with Gasteiger partial charge < -0.3 is 10.1 Å². The van der Waals surface area contributed by atoms with E-state index in [0.29, 0.717) is 21.7 Å². The number of amidine groups is 1. The number of ether oxygens (including phenoxy) is 1. The van der Waals surface area contributed by atoms with Gasteiger partial charge in [0, 0.05) is 0 Å². The number of carbonyl (C=O) groups is 2. The van der Waals surface area contributed by atoms with E-state index in [1.54, 1.807) is 24.3 Å². The number of rotatable bonds is 3. The van der Waals surface area contributed by atoms with Gasteiger partial charge >= 0.3 is 5.97 Å². The van der Waals surface area contributed by atoms with Crippen LogP contribution >= 0.6 is 11.8 Å². The van der Waals surface area contributed by atoms with Crippen LogP contribution in [-0.2, 0) is 9.53 Å². The Bertz CT molecular complexity index is 689. The van der Waals surface area contributed by atoms with Gasteiger partial charge in [0.25, 0.3) is 5.91 Å². The van der Waals surface area contributed by atoms with Crippen molar-refractivity contribution >= 4 is 34.9 Å². The van der Waals surface area contributed by atoms with Crippen molar-refractivity contribution in [3.8, 4) is 0 Å². The Morgan fingerprint density at radius 1 is 1.25 bits per heavy atom. The molecule has 1 aromatic carbocycles. The molecule has 0 atom stereocenters. The zero-order valence-electron chi connectivity index (χ0n) is 13.6. The number of hydrogen-bond acceptors (Lipinski definition) is 5. The van der Waals surface area contributed by atoms with Crippen molar-refractivity contribution in [2.45, 2.75) is 38.1 Å². The zero-order valence-corrected chi connectivity index (χ0v) is 14.4. The molecule has 3 rings (SSSR count). The number of benzene rings is 1. The number of thioether (sulfide) groups is 1. The third-order valence-corrected chi connectivity index (χ3v) is 5.08. The Morgan fingerprint density at radius 3 is 2.62 bits per heavy atom. The molecular formula is C18H20N2O3S. The third kappa shape index (κ3) is 4.06. The molecule has 5 nitrogen and oxygen atoms in total. The Balaban J connectivity index is 1.70. The number of nitrogens with one attached hydrogen (secondary N) is 1. The maximum Gasteiger partial charge on any atom is 0.337 e. The summed E-state index contributed by atoms with van der Waals surface area (Å²) in [5.74, 6) is -0.490. The first-order valence-electron chi connectivity index (χ1n) is 8.13. The quantitative estimate of drug-likeness (QED) is 0.674. The van der Waals surface area contributed by atoms with Gasteiger partial charge in [-0.1, -0.05) is 31.4 Å². The molecule has 0 spiro atoms. The molecule has 24 heavy (non-hydrogen) atoms. The molecule has 1 N–H and O–H groups in total. The van der Waals surface area contributed by atoms with Crippen molar-refractivity contribution in [1.82, 2.24) is 5.32 Å². The Hall–Kier alpha value is -2.08. The Labute approximate surface area is 145 Å². The molecular weight excluding hydrogens is 324 g/mol. The standard InChI is InChI=1S/C18H20N2O3S/c1-23-17(22)13-9-7-12(8-10-13)11-15-16(21)20-18(24-15)19-14-5-3-2-4-6-14/h7-11,14H,2-6H2,1H3,(H,19,20,21)/b15-11-. The first-order valence-corrected chi connectivity index (χ1v) is 8.94. The van der Waals surface area contributed by atoms with E-state index in [9.17, 15) is 9.59 Å². The SMILES string of the molecule is COC(=O)c1ccc(/C=C2\SC(=NC3CCCCC3)NC2=O)cc1. The van der Waals surface area contributed by atoms with Crippen molar-refractivity contribution in [3.63, 3.8) is 0 Å². The summed E-state index contributed by atoms with van der Waals surface area (Å²) in [6.45, 7) is 0. The predicted molar refractivity (Wildman–Crippen MR) is 95.8 cm³/mol. The molecule has 1 amide bonds. The largest absolute Gasteiger partial charge is 0.465 e. The molecule has 0 unspecified atom stereocenters. The van der Waals surface area contributed by atoms with E-state index in [-0.39, 0.29) is 11.9 Å². The summed E-state index contributed by atoms with van der Waals surface area (Å²) in [4.78, 5) is 28.8. The van der Waals surface area contributed by atoms with Crippen LogP contribution in [0.5, 0.6) is 0 Å². The second-order valence-electron chi connectivity index (χ2n) is 5.90. The number of hydrogen-bond donors (Lipinski definition) is 1. The lowest BCUT2D eigenvalue weighted by atomic mass is 9.96. The van der Waals surface area contributed by atoms with Gasteiger partial charge in [-0.05, 0) is 48.4 Å². The average Bonchev–Trinajstić information content (AvgIpc) is 2.95. The molecule has 1 saturated heterocycles. The maximum atomic E-state index is 12.1. The maximum absolute atomic E-state index is 12.1. The highest BCUT2D eigenvalue weighted by Gasteiger charge is 2.25. The van der Waals surface area contributed by atoms with E-state index in [1.165, 1.54) is 38.1 Å². The van der Waals surface area contributed by atoms with Crippen LogP contribution in [0.4, 0.5) is 0 Å². The first kappa shape index (κ1) is 16.8. The molecule has 0 aromatic heterocycles. The molecule has 0 radical (unpaired) electrons. The third-order valence-electron chi connectivity index (χ3n) is 4.15. The second kappa shape index (κ2) is 7.66. The van der Waals surface area contributed by atoms with Gasteiger partial charge in [-0.25, -0.2) is 4.79 Å². The fraction of sp³-hybridized carbons (Fsp3) is 0.389. The van der Waals surface area contributed by atoms with Crippen LogP contribution in [0.2, 0.25) is 0 Å². The number of esters is 1. The number of nitrogens with zero attached hydrogens (tertiary/aromatic N) is 1. The molecule has 126 valence electrons. The van der Waals surface area contributed by atoms with Crippen LogP contribution in [0.1, 0.15) is 48.0 Å². The minimum Gasteiger partial charge on any atom is -0.465 e. The summed E-state index contributed by atoms with van der Waals surface area (Å²) in [6.07, 6.45) is 7.74. The second-order valence-corrected chi connectivity index (χ2v) is 6.94. The molecule has 2 aliphatic rings. The summed E-state index contributed by atoms with van der Waals surface area (Å²) >= 11 is 1.38. The lowest BCUT2D eigenvalue weighted by Gasteiger charge is -2.17. The lowest BCUT2D eigenvalue weighted by Crippen LogP contribution is -2.22. The van der Waals surface area contributed by atoms with Gasteiger partial charge in [-0.2, -0.15) is 0 Å². The topological polar surface area (TPSA) is 67.8 Å². The van der Waals surface area contributed by atoms with Crippen molar-refractivity contribution in [2.75, 3.05) is 7.11 Å². The normalized spacial score (nSPS) is 22.0. The van der Waals surface area contributed by atoms with E-state index in [2.05, 4.69) is 15.0 Å². The van der Waals surface area contributed by atoms with Crippen molar-refractivity contribution in [2.24, 2.45) is 4.99 Å². The highest BCUT2D eigenvalue weighted by Crippen LogP contribution is 2.28. The van der Waals surface area contributed by atoms with Crippen LogP contribution in [0, 0.1) is 0 Å². The van der Waals surface area contributed by atoms with Gasteiger partial charge in [0.1, 0.15) is 0 Å². The van der Waals surface area contributed by atoms with Crippen LogP contribution in [0.3, 0.4) is 0 Å². The number of carbonyl (C=O) groups excluding carboxylic acids is 2. The van der Waals surface area contributed by atoms with E-state index in [0.717, 1.165) is 18.4 Å². The van der Waals surface area contributed by atoms with E-state index in [4.69, 9.17) is 0 Å². The summed E-state index contributed by atoms with van der Waals surface area (Å²) in [6, 6.07) is 7.30. The highest BCUT2D eigenvalue weighted by molar-refractivity contribution is 8.18. The molecule has 1 aliphatic carbocycles. The van der Waals surface area contributed by atoms with Gasteiger partial charge in [0.15, 0.2) is 5.17 Å². The molecule has 2 fully saturated rings. The molecule has 1 saturated carbocycles. The molecule has 1 aliphatic heterocycles. The van der Waals surface area contributed by atoms with Gasteiger partial charge in [-0.3, -0.25) is 9.79 Å². The molecule has 1 aromatic rings. The van der Waals surface area contributed by atoms with Gasteiger partial charge in [-0.15, -0.1) is 0 Å².